The molecule has 0 aliphatic rings. The Hall–Kier alpha value is -2.46. The van der Waals surface area contributed by atoms with Crippen LogP contribution in [0.25, 0.3) is 0 Å². The van der Waals surface area contributed by atoms with Crippen LogP contribution in [0.3, 0.4) is 0 Å². The van der Waals surface area contributed by atoms with Gasteiger partial charge < -0.3 is 14.6 Å². The highest BCUT2D eigenvalue weighted by molar-refractivity contribution is 7.89. The molecule has 0 spiro atoms. The summed E-state index contributed by atoms with van der Waals surface area (Å²) in [4.78, 5) is 14.6. The Kier molecular flexibility index (Phi) is 6.07. The van der Waals surface area contributed by atoms with Gasteiger partial charge in [0.1, 0.15) is 13.1 Å². The van der Waals surface area contributed by atoms with E-state index in [9.17, 15) is 13.2 Å². The summed E-state index contributed by atoms with van der Waals surface area (Å²) in [6.45, 7) is 1.46. The maximum atomic E-state index is 12.5. The van der Waals surface area contributed by atoms with E-state index in [1.807, 2.05) is 29.6 Å². The van der Waals surface area contributed by atoms with Crippen LogP contribution in [0.5, 0.6) is 0 Å². The van der Waals surface area contributed by atoms with E-state index in [4.69, 9.17) is 9.56 Å². The van der Waals surface area contributed by atoms with E-state index in [2.05, 4.69) is 5.32 Å². The van der Waals surface area contributed by atoms with Crippen molar-refractivity contribution in [3.05, 3.63) is 70.8 Å². The fourth-order valence-electron chi connectivity index (χ4n) is 2.69. The highest BCUT2D eigenvalue weighted by Crippen LogP contribution is 2.14. The average molecular weight is 407 g/mol. The number of furan rings is 1. The van der Waals surface area contributed by atoms with Crippen LogP contribution in [0.15, 0.2) is 69.5 Å². The molecule has 0 saturated carbocycles. The lowest BCUT2D eigenvalue weighted by molar-refractivity contribution is -0.920. The molecular weight excluding hydrogens is 386 g/mol. The van der Waals surface area contributed by atoms with Crippen LogP contribution in [-0.4, -0.2) is 20.9 Å². The standard InChI is InChI=1S/C18H19N3O4S2/c19-27(23,24)17-7-1-4-14(10-17)20-18(22)13-21(11-15-5-2-8-25-15)12-16-6-3-9-26-16/h1-10H,11-13H2,(H,20,22)(H2,19,23,24)/p+1. The van der Waals surface area contributed by atoms with E-state index >= 15 is 0 Å². The van der Waals surface area contributed by atoms with Crippen LogP contribution in [0.2, 0.25) is 0 Å². The number of thiophene rings is 1. The smallest absolute Gasteiger partial charge is 0.279 e. The normalized spacial score (nSPS) is 12.6. The first-order valence-corrected chi connectivity index (χ1v) is 10.6. The minimum Gasteiger partial charge on any atom is -0.463 e. The summed E-state index contributed by atoms with van der Waals surface area (Å²) in [5.74, 6) is 0.574. The topological polar surface area (TPSA) is 107 Å². The van der Waals surface area contributed by atoms with Gasteiger partial charge in [0.2, 0.25) is 10.0 Å². The molecule has 142 valence electrons. The molecule has 0 aliphatic carbocycles. The van der Waals surface area contributed by atoms with Crippen LogP contribution < -0.4 is 15.4 Å². The lowest BCUT2D eigenvalue weighted by Gasteiger charge is -2.17. The SMILES string of the molecule is NS(=O)(=O)c1cccc(NC(=O)C[NH+](Cc2ccco2)Cc2cccs2)c1. The number of carbonyl (C=O) groups excluding carboxylic acids is 1. The van der Waals surface area contributed by atoms with Crippen LogP contribution in [-0.2, 0) is 27.9 Å². The second kappa shape index (κ2) is 8.49. The highest BCUT2D eigenvalue weighted by atomic mass is 32.2. The van der Waals surface area contributed by atoms with Gasteiger partial charge in [-0.2, -0.15) is 0 Å². The van der Waals surface area contributed by atoms with Gasteiger partial charge in [0.25, 0.3) is 5.91 Å². The third-order valence-electron chi connectivity index (χ3n) is 3.87. The molecule has 4 N–H and O–H groups in total. The van der Waals surface area contributed by atoms with E-state index in [-0.39, 0.29) is 17.3 Å². The van der Waals surface area contributed by atoms with Crippen molar-refractivity contribution in [1.29, 1.82) is 0 Å². The molecular formula is C18H20N3O4S2+. The molecule has 3 rings (SSSR count). The third kappa shape index (κ3) is 5.76. The Morgan fingerprint density at radius 1 is 1.15 bits per heavy atom. The molecule has 1 unspecified atom stereocenters. The summed E-state index contributed by atoms with van der Waals surface area (Å²) in [6, 6.07) is 13.6. The predicted octanol–water partition coefficient (Wildman–Crippen LogP) is 1.21. The van der Waals surface area contributed by atoms with Crippen molar-refractivity contribution in [2.24, 2.45) is 5.14 Å². The van der Waals surface area contributed by atoms with Crippen molar-refractivity contribution in [2.75, 3.05) is 11.9 Å². The molecule has 2 heterocycles. The van der Waals surface area contributed by atoms with Gasteiger partial charge in [0.15, 0.2) is 12.3 Å². The van der Waals surface area contributed by atoms with Gasteiger partial charge in [-0.15, -0.1) is 11.3 Å². The number of benzene rings is 1. The van der Waals surface area contributed by atoms with Crippen molar-refractivity contribution in [1.82, 2.24) is 0 Å². The Labute approximate surface area is 161 Å². The minimum absolute atomic E-state index is 0.0429. The first-order valence-electron chi connectivity index (χ1n) is 8.21. The zero-order valence-corrected chi connectivity index (χ0v) is 16.1. The second-order valence-corrected chi connectivity index (χ2v) is 8.65. The number of quaternary nitrogens is 1. The summed E-state index contributed by atoms with van der Waals surface area (Å²) in [6.07, 6.45) is 1.61. The number of hydrogen-bond donors (Lipinski definition) is 3. The Balaban J connectivity index is 1.68. The molecule has 3 aromatic rings. The summed E-state index contributed by atoms with van der Waals surface area (Å²) in [5, 5.41) is 9.87. The predicted molar refractivity (Wildman–Crippen MR) is 103 cm³/mol. The molecule has 27 heavy (non-hydrogen) atoms. The molecule has 1 amide bonds. The zero-order chi connectivity index (χ0) is 19.3. The number of rotatable bonds is 8. The maximum absolute atomic E-state index is 12.5. The Bertz CT molecular complexity index is 947. The molecule has 7 nitrogen and oxygen atoms in total. The Morgan fingerprint density at radius 2 is 2.00 bits per heavy atom. The maximum Gasteiger partial charge on any atom is 0.279 e. The number of nitrogens with two attached hydrogens (primary N) is 1. The number of sulfonamides is 1. The van der Waals surface area contributed by atoms with Crippen LogP contribution in [0, 0.1) is 0 Å². The van der Waals surface area contributed by atoms with Gasteiger partial charge in [0.05, 0.1) is 16.0 Å². The molecule has 0 radical (unpaired) electrons. The molecule has 0 bridgehead atoms. The fourth-order valence-corrected chi connectivity index (χ4v) is 4.03. The number of primary sulfonamides is 1. The van der Waals surface area contributed by atoms with Crippen LogP contribution in [0.4, 0.5) is 5.69 Å². The van der Waals surface area contributed by atoms with Crippen molar-refractivity contribution >= 4 is 33.0 Å². The van der Waals surface area contributed by atoms with Gasteiger partial charge in [-0.3, -0.25) is 4.79 Å². The first-order chi connectivity index (χ1) is 12.9. The van der Waals surface area contributed by atoms with Crippen molar-refractivity contribution < 1.29 is 22.5 Å². The molecule has 2 aromatic heterocycles. The number of anilines is 1. The molecule has 1 aromatic carbocycles. The van der Waals surface area contributed by atoms with Gasteiger partial charge in [-0.1, -0.05) is 12.1 Å². The van der Waals surface area contributed by atoms with Gasteiger partial charge in [-0.05, 0) is 41.8 Å². The van der Waals surface area contributed by atoms with Crippen LogP contribution in [0.1, 0.15) is 10.6 Å². The quantitative estimate of drug-likeness (QED) is 0.523. The summed E-state index contributed by atoms with van der Waals surface area (Å²) in [5.41, 5.74) is 0.389. The Morgan fingerprint density at radius 3 is 2.67 bits per heavy atom. The van der Waals surface area contributed by atoms with Crippen molar-refractivity contribution in [3.8, 4) is 0 Å². The largest absolute Gasteiger partial charge is 0.463 e. The van der Waals surface area contributed by atoms with Gasteiger partial charge in [-0.25, -0.2) is 13.6 Å². The van der Waals surface area contributed by atoms with Crippen molar-refractivity contribution in [3.63, 3.8) is 0 Å². The molecule has 0 saturated heterocycles. The summed E-state index contributed by atoms with van der Waals surface area (Å²) >= 11 is 1.64. The minimum atomic E-state index is -3.82. The lowest BCUT2D eigenvalue weighted by Crippen LogP contribution is -3.10. The lowest BCUT2D eigenvalue weighted by atomic mass is 10.3. The average Bonchev–Trinajstić information content (AvgIpc) is 3.28. The first kappa shape index (κ1) is 19.3. The molecule has 1 atom stereocenters. The summed E-state index contributed by atoms with van der Waals surface area (Å²) < 4.78 is 28.3. The highest BCUT2D eigenvalue weighted by Gasteiger charge is 2.18. The van der Waals surface area contributed by atoms with E-state index in [0.29, 0.717) is 18.8 Å². The van der Waals surface area contributed by atoms with Crippen molar-refractivity contribution in [2.45, 2.75) is 18.0 Å². The number of carbonyl (C=O) groups is 1. The van der Waals surface area contributed by atoms with E-state index in [1.165, 1.54) is 23.1 Å². The number of nitrogens with one attached hydrogen (secondary N) is 2. The summed E-state index contributed by atoms with van der Waals surface area (Å²) in [7, 11) is -3.82. The monoisotopic (exact) mass is 406 g/mol. The number of amides is 1. The van der Waals surface area contributed by atoms with E-state index < -0.39 is 10.0 Å². The molecule has 0 aliphatic heterocycles. The third-order valence-corrected chi connectivity index (χ3v) is 5.65. The van der Waals surface area contributed by atoms with E-state index in [1.54, 1.807) is 23.7 Å². The van der Waals surface area contributed by atoms with Gasteiger partial charge >= 0.3 is 0 Å². The van der Waals surface area contributed by atoms with Gasteiger partial charge in [0, 0.05) is 5.69 Å². The van der Waals surface area contributed by atoms with Crippen LogP contribution >= 0.6 is 11.3 Å². The fraction of sp³-hybridized carbons (Fsp3) is 0.167. The number of hydrogen-bond acceptors (Lipinski definition) is 5. The molecule has 0 fully saturated rings. The van der Waals surface area contributed by atoms with E-state index in [0.717, 1.165) is 10.7 Å². The zero-order valence-electron chi connectivity index (χ0n) is 14.4. The molecule has 9 heteroatoms. The second-order valence-electron chi connectivity index (χ2n) is 6.06.